The number of nitrogens with one attached hydrogen (secondary N) is 2. The average Bonchev–Trinajstić information content (AvgIpc) is 3.27. The molecule has 17 heteroatoms. The number of thiazole rings is 1. The Hall–Kier alpha value is -4.22. The van der Waals surface area contributed by atoms with Crippen molar-refractivity contribution in [2.24, 2.45) is 5.16 Å². The highest BCUT2D eigenvalue weighted by Crippen LogP contribution is 2.30. The number of oxime groups is 1. The van der Waals surface area contributed by atoms with E-state index in [-0.39, 0.29) is 28.6 Å². The summed E-state index contributed by atoms with van der Waals surface area (Å²) in [7, 11) is -1.61. The summed E-state index contributed by atoms with van der Waals surface area (Å²) in [6.07, 6.45) is 0.0162. The van der Waals surface area contributed by atoms with Crippen molar-refractivity contribution in [3.63, 3.8) is 0 Å². The smallest absolute Gasteiger partial charge is 0.534 e. The Morgan fingerprint density at radius 3 is 2.63 bits per heavy atom. The number of carboxylic acid groups (broad SMARTS) is 2. The number of aromatic nitrogens is 1. The van der Waals surface area contributed by atoms with Crippen LogP contribution in [0.5, 0.6) is 5.75 Å². The minimum Gasteiger partial charge on any atom is -0.534 e. The highest BCUT2D eigenvalue weighted by molar-refractivity contribution is 7.13. The molecule has 1 aromatic carbocycles. The number of benzene rings is 1. The van der Waals surface area contributed by atoms with Gasteiger partial charge in [0, 0.05) is 5.38 Å². The van der Waals surface area contributed by atoms with E-state index in [9.17, 15) is 29.3 Å². The molecule has 0 aliphatic carbocycles. The molecule has 0 fully saturated rings. The second-order valence-corrected chi connectivity index (χ2v) is 9.44. The Bertz CT molecular complexity index is 1280. The number of aliphatic carboxylic acids is 1. The molecule has 202 valence electrons. The Labute approximate surface area is 219 Å². The number of aliphatic hydroxyl groups is 1. The molecule has 0 bridgehead atoms. The van der Waals surface area contributed by atoms with Crippen LogP contribution in [0.3, 0.4) is 0 Å². The summed E-state index contributed by atoms with van der Waals surface area (Å²) in [5.41, 5.74) is 3.73. The Balaban J connectivity index is 1.83. The topological polar surface area (TPSA) is 243 Å². The predicted octanol–water partition coefficient (Wildman–Crippen LogP) is -1.38. The second kappa shape index (κ2) is 11.4. The number of para-hydroxylation sites is 1. The van der Waals surface area contributed by atoms with E-state index in [4.69, 9.17) is 25.4 Å². The van der Waals surface area contributed by atoms with Crippen molar-refractivity contribution in [3.8, 4) is 5.75 Å². The third-order valence-electron chi connectivity index (χ3n) is 5.34. The van der Waals surface area contributed by atoms with Crippen LogP contribution in [-0.4, -0.2) is 86.1 Å². The lowest BCUT2D eigenvalue weighted by Crippen LogP contribution is -2.55. The van der Waals surface area contributed by atoms with Crippen molar-refractivity contribution in [1.29, 1.82) is 0 Å². The first-order valence-corrected chi connectivity index (χ1v) is 11.8. The third kappa shape index (κ3) is 6.37. The average molecular weight is 549 g/mol. The fourth-order valence-corrected chi connectivity index (χ4v) is 3.82. The summed E-state index contributed by atoms with van der Waals surface area (Å²) < 4.78 is 5.37. The first-order valence-electron chi connectivity index (χ1n) is 11.0. The van der Waals surface area contributed by atoms with Crippen molar-refractivity contribution in [2.75, 3.05) is 12.3 Å². The van der Waals surface area contributed by atoms with Gasteiger partial charge in [0.05, 0.1) is 18.1 Å². The molecule has 0 saturated carbocycles. The molecular weight excluding hydrogens is 525 g/mol. The molecule has 1 aliphatic heterocycles. The number of amides is 2. The van der Waals surface area contributed by atoms with Gasteiger partial charge in [0.15, 0.2) is 10.8 Å². The molecule has 3 rings (SSSR count). The largest absolute Gasteiger partial charge is 0.547 e. The van der Waals surface area contributed by atoms with E-state index in [1.807, 2.05) is 0 Å². The summed E-state index contributed by atoms with van der Waals surface area (Å²) in [6.45, 7) is 1.64. The van der Waals surface area contributed by atoms with Crippen LogP contribution in [0, 0.1) is 0 Å². The molecule has 1 unspecified atom stereocenters. The summed E-state index contributed by atoms with van der Waals surface area (Å²) in [6, 6.07) is 2.82. The maximum atomic E-state index is 13.2. The van der Waals surface area contributed by atoms with Crippen LogP contribution in [0.2, 0.25) is 0 Å². The lowest BCUT2D eigenvalue weighted by Gasteiger charge is -2.29. The fourth-order valence-electron chi connectivity index (χ4n) is 3.27. The Kier molecular flexibility index (Phi) is 8.54. The summed E-state index contributed by atoms with van der Waals surface area (Å²) in [4.78, 5) is 57.5. The zero-order valence-corrected chi connectivity index (χ0v) is 20.9. The monoisotopic (exact) mass is 549 g/mol. The van der Waals surface area contributed by atoms with Gasteiger partial charge in [-0.1, -0.05) is 17.3 Å². The molecule has 38 heavy (non-hydrogen) atoms. The molecule has 0 radical (unpaired) electrons. The SMILES string of the molecule is CC(C)(O/N=C(\C(=O)N[C@H]1Cc2cccc(C(=O)O)c2OB1O)c1csc(N)n1)C(=O)NC(CO)C(=O)O. The Morgan fingerprint density at radius 2 is 2.05 bits per heavy atom. The first-order chi connectivity index (χ1) is 17.8. The zero-order valence-electron chi connectivity index (χ0n) is 20.1. The predicted molar refractivity (Wildman–Crippen MR) is 133 cm³/mol. The minimum atomic E-state index is -1.80. The quantitative estimate of drug-likeness (QED) is 0.103. The van der Waals surface area contributed by atoms with Crippen LogP contribution in [0.4, 0.5) is 5.13 Å². The second-order valence-electron chi connectivity index (χ2n) is 8.55. The Morgan fingerprint density at radius 1 is 1.34 bits per heavy atom. The summed E-state index contributed by atoms with van der Waals surface area (Å²) >= 11 is 0.994. The van der Waals surface area contributed by atoms with Gasteiger partial charge in [-0.3, -0.25) is 9.59 Å². The molecule has 15 nitrogen and oxygen atoms in total. The van der Waals surface area contributed by atoms with E-state index in [2.05, 4.69) is 20.8 Å². The van der Waals surface area contributed by atoms with Crippen molar-refractivity contribution >= 4 is 53.1 Å². The van der Waals surface area contributed by atoms with Gasteiger partial charge >= 0.3 is 19.1 Å². The van der Waals surface area contributed by atoms with Crippen LogP contribution in [0.15, 0.2) is 28.7 Å². The van der Waals surface area contributed by atoms with Gasteiger partial charge in [-0.25, -0.2) is 14.6 Å². The zero-order chi connectivity index (χ0) is 28.2. The molecule has 2 amide bonds. The minimum absolute atomic E-state index is 0.0141. The van der Waals surface area contributed by atoms with E-state index < -0.39 is 60.8 Å². The maximum absolute atomic E-state index is 13.2. The lowest BCUT2D eigenvalue weighted by molar-refractivity contribution is -0.150. The number of carbonyl (C=O) groups excluding carboxylic acids is 2. The summed E-state index contributed by atoms with van der Waals surface area (Å²) in [5, 5.41) is 47.9. The van der Waals surface area contributed by atoms with Crippen molar-refractivity contribution in [1.82, 2.24) is 15.6 Å². The van der Waals surface area contributed by atoms with Gasteiger partial charge in [-0.2, -0.15) is 0 Å². The van der Waals surface area contributed by atoms with Gasteiger partial charge in [0.25, 0.3) is 11.8 Å². The van der Waals surface area contributed by atoms with Crippen LogP contribution >= 0.6 is 11.3 Å². The number of nitrogens with zero attached hydrogens (tertiary/aromatic N) is 2. The highest BCUT2D eigenvalue weighted by atomic mass is 32.1. The van der Waals surface area contributed by atoms with Gasteiger partial charge < -0.3 is 46.2 Å². The molecule has 1 aromatic heterocycles. The van der Waals surface area contributed by atoms with E-state index in [0.717, 1.165) is 11.3 Å². The van der Waals surface area contributed by atoms with Gasteiger partial charge in [-0.15, -0.1) is 11.3 Å². The molecule has 2 atom stereocenters. The van der Waals surface area contributed by atoms with Crippen molar-refractivity contribution < 1.29 is 49.0 Å². The van der Waals surface area contributed by atoms with Gasteiger partial charge in [-0.05, 0) is 31.9 Å². The van der Waals surface area contributed by atoms with E-state index in [1.54, 1.807) is 6.07 Å². The number of hydrogen-bond acceptors (Lipinski definition) is 12. The number of rotatable bonds is 10. The van der Waals surface area contributed by atoms with Crippen molar-refractivity contribution in [2.45, 2.75) is 37.9 Å². The van der Waals surface area contributed by atoms with Crippen LogP contribution < -0.4 is 21.0 Å². The normalized spacial score (nSPS) is 16.1. The molecule has 0 spiro atoms. The van der Waals surface area contributed by atoms with Crippen LogP contribution in [-0.2, 0) is 25.6 Å². The van der Waals surface area contributed by atoms with Gasteiger partial charge in [0.2, 0.25) is 5.60 Å². The lowest BCUT2D eigenvalue weighted by atomic mass is 9.72. The number of aromatic carboxylic acids is 1. The number of hydrogen-bond donors (Lipinski definition) is 7. The number of fused-ring (bicyclic) bond motifs is 1. The number of nitrogens with two attached hydrogens (primary N) is 1. The molecule has 2 heterocycles. The molecule has 1 aliphatic rings. The molecular formula is C21H24BN5O10S. The number of carboxylic acids is 2. The highest BCUT2D eigenvalue weighted by Gasteiger charge is 2.39. The number of aliphatic hydroxyl groups excluding tert-OH is 1. The maximum Gasteiger partial charge on any atom is 0.547 e. The van der Waals surface area contributed by atoms with E-state index >= 15 is 0 Å². The van der Waals surface area contributed by atoms with E-state index in [0.29, 0.717) is 5.56 Å². The number of carbonyl (C=O) groups is 4. The molecule has 0 saturated heterocycles. The summed E-state index contributed by atoms with van der Waals surface area (Å²) in [5.74, 6) is -5.60. The van der Waals surface area contributed by atoms with Crippen LogP contribution in [0.1, 0.15) is 35.5 Å². The molecule has 2 aromatic rings. The third-order valence-corrected chi connectivity index (χ3v) is 6.02. The van der Waals surface area contributed by atoms with Gasteiger partial charge in [0.1, 0.15) is 17.5 Å². The van der Waals surface area contributed by atoms with Crippen molar-refractivity contribution in [3.05, 3.63) is 40.4 Å². The number of anilines is 1. The van der Waals surface area contributed by atoms with E-state index in [1.165, 1.54) is 31.4 Å². The molecule has 8 N–H and O–H groups in total. The number of nitrogen functional groups attached to an aromatic ring is 1. The van der Waals surface area contributed by atoms with Crippen LogP contribution in [0.25, 0.3) is 0 Å². The standard InChI is InChI=1S/C21H24BN5O10S/c1-21(2,19(34)24-11(7-28)18(32)33)37-27-14(12-8-38-20(23)25-12)16(29)26-13-6-9-4-3-5-10(17(30)31)15(9)36-22(13)35/h3-5,8,11,13,28,35H,6-7H2,1-2H3,(H2,23,25)(H,24,34)(H,26,29)(H,30,31)(H,32,33)/b27-14-/t11?,13-/m0/s1. The first kappa shape index (κ1) is 28.4. The fraction of sp³-hybridized carbons (Fsp3) is 0.333.